The zero-order valence-electron chi connectivity index (χ0n) is 10.8. The third-order valence-electron chi connectivity index (χ3n) is 2.78. The van der Waals surface area contributed by atoms with Gasteiger partial charge in [0, 0.05) is 13.1 Å². The smallest absolute Gasteiger partial charge is 0.358 e. The number of methoxy groups -OCH3 is 1. The van der Waals surface area contributed by atoms with E-state index in [4.69, 9.17) is 4.74 Å². The van der Waals surface area contributed by atoms with Crippen LogP contribution in [0.2, 0.25) is 0 Å². The first-order chi connectivity index (χ1) is 8.52. The van der Waals surface area contributed by atoms with Crippen molar-refractivity contribution in [3.8, 4) is 0 Å². The van der Waals surface area contributed by atoms with Crippen LogP contribution in [0.1, 0.15) is 24.3 Å². The van der Waals surface area contributed by atoms with Gasteiger partial charge in [0.15, 0.2) is 5.69 Å². The largest absolute Gasteiger partial charge is 0.464 e. The third kappa shape index (κ3) is 2.76. The minimum Gasteiger partial charge on any atom is -0.464 e. The normalized spacial score (nSPS) is 18.5. The van der Waals surface area contributed by atoms with Crippen LogP contribution in [0, 0.1) is 0 Å². The molecule has 0 aromatic carbocycles. The molecule has 1 aromatic heterocycles. The van der Waals surface area contributed by atoms with E-state index in [1.165, 1.54) is 13.3 Å². The Hall–Kier alpha value is -1.69. The van der Waals surface area contributed by atoms with Crippen LogP contribution in [0.15, 0.2) is 12.4 Å². The zero-order valence-corrected chi connectivity index (χ0v) is 10.8. The highest BCUT2D eigenvalue weighted by atomic mass is 16.5. The third-order valence-corrected chi connectivity index (χ3v) is 2.78. The second-order valence-corrected chi connectivity index (χ2v) is 4.78. The molecule has 0 spiro atoms. The second-order valence-electron chi connectivity index (χ2n) is 4.78. The minimum absolute atomic E-state index is 0.194. The van der Waals surface area contributed by atoms with E-state index >= 15 is 0 Å². The molecule has 0 N–H and O–H groups in total. The lowest BCUT2D eigenvalue weighted by Gasteiger charge is -2.38. The number of hydrogen-bond donors (Lipinski definition) is 0. The van der Waals surface area contributed by atoms with E-state index in [1.807, 2.05) is 13.8 Å². The maximum Gasteiger partial charge on any atom is 0.358 e. The maximum absolute atomic E-state index is 11.2. The summed E-state index contributed by atoms with van der Waals surface area (Å²) < 4.78 is 10.2. The van der Waals surface area contributed by atoms with Crippen LogP contribution in [0.3, 0.4) is 0 Å². The standard InChI is InChI=1S/C12H17N3O3/c1-12(2)8-15(4-5-18-12)10-7-13-9(6-14-10)11(16)17-3/h6-7H,4-5,8H2,1-3H3. The maximum atomic E-state index is 11.2. The van der Waals surface area contributed by atoms with Gasteiger partial charge in [0.1, 0.15) is 5.82 Å². The predicted octanol–water partition coefficient (Wildman–Crippen LogP) is 0.878. The fourth-order valence-corrected chi connectivity index (χ4v) is 1.91. The Bertz CT molecular complexity index is 431. The van der Waals surface area contributed by atoms with Crippen molar-refractivity contribution >= 4 is 11.8 Å². The van der Waals surface area contributed by atoms with Crippen molar-refractivity contribution in [2.45, 2.75) is 19.4 Å². The van der Waals surface area contributed by atoms with Gasteiger partial charge in [-0.15, -0.1) is 0 Å². The fraction of sp³-hybridized carbons (Fsp3) is 0.583. The molecule has 0 amide bonds. The molecule has 0 bridgehead atoms. The van der Waals surface area contributed by atoms with Crippen molar-refractivity contribution in [2.24, 2.45) is 0 Å². The number of hydrogen-bond acceptors (Lipinski definition) is 6. The number of rotatable bonds is 2. The van der Waals surface area contributed by atoms with Gasteiger partial charge in [-0.25, -0.2) is 14.8 Å². The van der Waals surface area contributed by atoms with Gasteiger partial charge in [-0.3, -0.25) is 0 Å². The molecule has 0 saturated carbocycles. The topological polar surface area (TPSA) is 64.5 Å². The van der Waals surface area contributed by atoms with Crippen LogP contribution in [-0.4, -0.2) is 48.3 Å². The summed E-state index contributed by atoms with van der Waals surface area (Å²) in [6, 6.07) is 0. The van der Waals surface area contributed by atoms with Crippen molar-refractivity contribution < 1.29 is 14.3 Å². The van der Waals surface area contributed by atoms with E-state index in [2.05, 4.69) is 19.6 Å². The molecule has 1 aliphatic heterocycles. The molecule has 2 heterocycles. The van der Waals surface area contributed by atoms with Gasteiger partial charge < -0.3 is 14.4 Å². The highest BCUT2D eigenvalue weighted by Crippen LogP contribution is 2.20. The lowest BCUT2D eigenvalue weighted by molar-refractivity contribution is -0.0279. The molecule has 1 saturated heterocycles. The number of carbonyl (C=O) groups excluding carboxylic acids is 1. The first kappa shape index (κ1) is 12.8. The molecule has 2 rings (SSSR count). The molecule has 0 radical (unpaired) electrons. The Morgan fingerprint density at radius 1 is 1.44 bits per heavy atom. The van der Waals surface area contributed by atoms with Crippen molar-refractivity contribution in [1.29, 1.82) is 0 Å². The highest BCUT2D eigenvalue weighted by molar-refractivity contribution is 5.86. The van der Waals surface area contributed by atoms with E-state index in [0.717, 1.165) is 18.9 Å². The number of ether oxygens (including phenoxy) is 2. The van der Waals surface area contributed by atoms with E-state index in [9.17, 15) is 4.79 Å². The van der Waals surface area contributed by atoms with Crippen LogP contribution in [0.25, 0.3) is 0 Å². The molecular formula is C12H17N3O3. The van der Waals surface area contributed by atoms with Gasteiger partial charge in [-0.2, -0.15) is 0 Å². The van der Waals surface area contributed by atoms with Crippen LogP contribution in [-0.2, 0) is 9.47 Å². The average Bonchev–Trinajstić information content (AvgIpc) is 2.37. The van der Waals surface area contributed by atoms with Gasteiger partial charge in [-0.1, -0.05) is 0 Å². The summed E-state index contributed by atoms with van der Waals surface area (Å²) in [5.41, 5.74) is 0.0230. The molecule has 1 fully saturated rings. The summed E-state index contributed by atoms with van der Waals surface area (Å²) in [7, 11) is 1.32. The number of esters is 1. The van der Waals surface area contributed by atoms with Crippen LogP contribution >= 0.6 is 0 Å². The zero-order chi connectivity index (χ0) is 13.2. The number of aromatic nitrogens is 2. The molecular weight excluding hydrogens is 234 g/mol. The van der Waals surface area contributed by atoms with Gasteiger partial charge in [0.25, 0.3) is 0 Å². The molecule has 6 heteroatoms. The van der Waals surface area contributed by atoms with Gasteiger partial charge in [0.05, 0.1) is 31.7 Å². The molecule has 98 valence electrons. The Morgan fingerprint density at radius 3 is 2.78 bits per heavy atom. The summed E-state index contributed by atoms with van der Waals surface area (Å²) in [6.45, 7) is 6.26. The number of carbonyl (C=O) groups is 1. The van der Waals surface area contributed by atoms with Crippen molar-refractivity contribution in [1.82, 2.24) is 9.97 Å². The first-order valence-electron chi connectivity index (χ1n) is 5.81. The van der Waals surface area contributed by atoms with E-state index < -0.39 is 5.97 Å². The minimum atomic E-state index is -0.476. The van der Waals surface area contributed by atoms with E-state index in [-0.39, 0.29) is 11.3 Å². The van der Waals surface area contributed by atoms with Gasteiger partial charge >= 0.3 is 5.97 Å². The van der Waals surface area contributed by atoms with Crippen molar-refractivity contribution in [3.05, 3.63) is 18.1 Å². The predicted molar refractivity (Wildman–Crippen MR) is 65.6 cm³/mol. The monoisotopic (exact) mass is 251 g/mol. The van der Waals surface area contributed by atoms with Crippen LogP contribution in [0.4, 0.5) is 5.82 Å². The average molecular weight is 251 g/mol. The second kappa shape index (κ2) is 4.89. The number of nitrogens with zero attached hydrogens (tertiary/aromatic N) is 3. The van der Waals surface area contributed by atoms with Gasteiger partial charge in [0.2, 0.25) is 0 Å². The SMILES string of the molecule is COC(=O)c1cnc(N2CCOC(C)(C)C2)cn1. The molecule has 1 aromatic rings. The lowest BCUT2D eigenvalue weighted by Crippen LogP contribution is -2.48. The Kier molecular flexibility index (Phi) is 3.47. The Morgan fingerprint density at radius 2 is 2.22 bits per heavy atom. The van der Waals surface area contributed by atoms with Crippen LogP contribution < -0.4 is 4.90 Å². The summed E-state index contributed by atoms with van der Waals surface area (Å²) in [6.07, 6.45) is 3.03. The summed E-state index contributed by atoms with van der Waals surface area (Å²) in [5, 5.41) is 0. The van der Waals surface area contributed by atoms with Gasteiger partial charge in [-0.05, 0) is 13.8 Å². The van der Waals surface area contributed by atoms with E-state index in [1.54, 1.807) is 6.20 Å². The molecule has 18 heavy (non-hydrogen) atoms. The molecule has 6 nitrogen and oxygen atoms in total. The highest BCUT2D eigenvalue weighted by Gasteiger charge is 2.28. The Balaban J connectivity index is 2.12. The lowest BCUT2D eigenvalue weighted by atomic mass is 10.1. The molecule has 0 aliphatic carbocycles. The van der Waals surface area contributed by atoms with E-state index in [0.29, 0.717) is 6.61 Å². The van der Waals surface area contributed by atoms with Crippen molar-refractivity contribution in [2.75, 3.05) is 31.7 Å². The number of morpholine rings is 1. The molecule has 1 aliphatic rings. The molecule has 0 atom stereocenters. The Labute approximate surface area is 106 Å². The van der Waals surface area contributed by atoms with Crippen molar-refractivity contribution in [3.63, 3.8) is 0 Å². The quantitative estimate of drug-likeness (QED) is 0.727. The molecule has 0 unspecified atom stereocenters. The fourth-order valence-electron chi connectivity index (χ4n) is 1.91. The summed E-state index contributed by atoms with van der Waals surface area (Å²) in [5.74, 6) is 0.274. The first-order valence-corrected chi connectivity index (χ1v) is 5.81. The summed E-state index contributed by atoms with van der Waals surface area (Å²) >= 11 is 0. The van der Waals surface area contributed by atoms with Crippen LogP contribution in [0.5, 0.6) is 0 Å². The summed E-state index contributed by atoms with van der Waals surface area (Å²) in [4.78, 5) is 21.6. The number of anilines is 1.